The number of aliphatic carboxylic acids is 1. The van der Waals surface area contributed by atoms with Gasteiger partial charge in [-0.05, 0) is 45.0 Å². The van der Waals surface area contributed by atoms with Gasteiger partial charge in [0, 0.05) is 29.3 Å². The molecule has 0 amide bonds. The topological polar surface area (TPSA) is 40.5 Å². The van der Waals surface area contributed by atoms with Gasteiger partial charge in [0.25, 0.3) is 0 Å². The summed E-state index contributed by atoms with van der Waals surface area (Å²) in [6, 6.07) is 6.43. The van der Waals surface area contributed by atoms with E-state index in [2.05, 4.69) is 25.7 Å². The quantitative estimate of drug-likeness (QED) is 0.782. The van der Waals surface area contributed by atoms with Gasteiger partial charge in [0.2, 0.25) is 0 Å². The molecule has 20 heavy (non-hydrogen) atoms. The van der Waals surface area contributed by atoms with Gasteiger partial charge in [0.1, 0.15) is 5.82 Å². The van der Waals surface area contributed by atoms with Crippen LogP contribution in [0.4, 0.5) is 4.39 Å². The highest BCUT2D eigenvalue weighted by Crippen LogP contribution is 2.20. The molecule has 0 aliphatic rings. The Balaban J connectivity index is 2.45. The van der Waals surface area contributed by atoms with Crippen LogP contribution < -0.4 is 0 Å². The average Bonchev–Trinajstić information content (AvgIpc) is 2.34. The Morgan fingerprint density at radius 3 is 2.35 bits per heavy atom. The Morgan fingerprint density at radius 2 is 1.85 bits per heavy atom. The molecular weight excluding hydrogens is 277 g/mol. The first-order valence-corrected chi connectivity index (χ1v) is 7.63. The van der Waals surface area contributed by atoms with Gasteiger partial charge in [-0.2, -0.15) is 0 Å². The molecule has 0 fully saturated rings. The van der Waals surface area contributed by atoms with Gasteiger partial charge in [0.05, 0.1) is 6.42 Å². The Bertz CT molecular complexity index is 428. The maximum absolute atomic E-state index is 12.8. The van der Waals surface area contributed by atoms with Crippen molar-refractivity contribution >= 4 is 17.7 Å². The molecule has 3 nitrogen and oxygen atoms in total. The lowest BCUT2D eigenvalue weighted by molar-refractivity contribution is -0.137. The van der Waals surface area contributed by atoms with Gasteiger partial charge in [-0.3, -0.25) is 9.69 Å². The monoisotopic (exact) mass is 299 g/mol. The third kappa shape index (κ3) is 6.39. The van der Waals surface area contributed by atoms with Crippen molar-refractivity contribution < 1.29 is 14.3 Å². The van der Waals surface area contributed by atoms with Crippen molar-refractivity contribution in [3.8, 4) is 0 Å². The standard InChI is InChI=1S/C15H22FNO2S/c1-15(2,3)17(9-8-14(18)19)10-11-20-13-6-4-12(16)5-7-13/h4-7H,8-11H2,1-3H3,(H,18,19). The fourth-order valence-electron chi connectivity index (χ4n) is 1.82. The van der Waals surface area contributed by atoms with Crippen LogP contribution in [0.3, 0.4) is 0 Å². The highest BCUT2D eigenvalue weighted by molar-refractivity contribution is 7.99. The lowest BCUT2D eigenvalue weighted by Crippen LogP contribution is -2.43. The van der Waals surface area contributed by atoms with Crippen LogP contribution in [0.1, 0.15) is 27.2 Å². The number of benzene rings is 1. The largest absolute Gasteiger partial charge is 0.481 e. The maximum Gasteiger partial charge on any atom is 0.304 e. The third-order valence-electron chi connectivity index (χ3n) is 2.99. The smallest absolute Gasteiger partial charge is 0.304 e. The first kappa shape index (κ1) is 17.0. The van der Waals surface area contributed by atoms with Crippen LogP contribution in [-0.2, 0) is 4.79 Å². The molecule has 0 bridgehead atoms. The van der Waals surface area contributed by atoms with Crippen LogP contribution in [0.25, 0.3) is 0 Å². The molecule has 0 saturated heterocycles. The summed E-state index contributed by atoms with van der Waals surface area (Å²) in [7, 11) is 0. The second-order valence-electron chi connectivity index (χ2n) is 5.60. The fourth-order valence-corrected chi connectivity index (χ4v) is 2.69. The summed E-state index contributed by atoms with van der Waals surface area (Å²) in [6.07, 6.45) is 0.151. The number of carbonyl (C=O) groups is 1. The first-order chi connectivity index (χ1) is 9.29. The van der Waals surface area contributed by atoms with E-state index in [0.717, 1.165) is 17.2 Å². The van der Waals surface area contributed by atoms with Crippen molar-refractivity contribution in [3.05, 3.63) is 30.1 Å². The van der Waals surface area contributed by atoms with E-state index < -0.39 is 5.97 Å². The van der Waals surface area contributed by atoms with Gasteiger partial charge < -0.3 is 5.11 Å². The van der Waals surface area contributed by atoms with Crippen LogP contribution in [0.5, 0.6) is 0 Å². The maximum atomic E-state index is 12.8. The highest BCUT2D eigenvalue weighted by Gasteiger charge is 2.21. The van der Waals surface area contributed by atoms with Crippen LogP contribution in [-0.4, -0.2) is 40.4 Å². The molecule has 0 aliphatic carbocycles. The molecule has 0 heterocycles. The summed E-state index contributed by atoms with van der Waals surface area (Å²) < 4.78 is 12.8. The normalized spacial score (nSPS) is 11.8. The lowest BCUT2D eigenvalue weighted by atomic mass is 10.1. The van der Waals surface area contributed by atoms with Gasteiger partial charge in [-0.1, -0.05) is 0 Å². The van der Waals surface area contributed by atoms with E-state index in [1.54, 1.807) is 23.9 Å². The summed E-state index contributed by atoms with van der Waals surface area (Å²) in [4.78, 5) is 13.9. The summed E-state index contributed by atoms with van der Waals surface area (Å²) in [5, 5.41) is 8.79. The Labute approximate surface area is 124 Å². The second-order valence-corrected chi connectivity index (χ2v) is 6.77. The molecule has 1 rings (SSSR count). The molecule has 0 spiro atoms. The Morgan fingerprint density at radius 1 is 1.25 bits per heavy atom. The van der Waals surface area contributed by atoms with Crippen molar-refractivity contribution in [2.24, 2.45) is 0 Å². The SMILES string of the molecule is CC(C)(C)N(CCSc1ccc(F)cc1)CCC(=O)O. The molecular formula is C15H22FNO2S. The second kappa shape index (κ2) is 7.64. The van der Waals surface area contributed by atoms with Gasteiger partial charge in [0.15, 0.2) is 0 Å². The molecule has 0 aromatic heterocycles. The van der Waals surface area contributed by atoms with E-state index in [-0.39, 0.29) is 17.8 Å². The van der Waals surface area contributed by atoms with E-state index in [0.29, 0.717) is 6.54 Å². The van der Waals surface area contributed by atoms with Gasteiger partial charge in [-0.15, -0.1) is 11.8 Å². The number of carboxylic acids is 1. The molecule has 0 aliphatic heterocycles. The van der Waals surface area contributed by atoms with Crippen LogP contribution in [0.2, 0.25) is 0 Å². The number of carboxylic acid groups (broad SMARTS) is 1. The predicted octanol–water partition coefficient (Wildman–Crippen LogP) is 3.49. The summed E-state index contributed by atoms with van der Waals surface area (Å²) in [5.74, 6) is -0.153. The lowest BCUT2D eigenvalue weighted by Gasteiger charge is -2.35. The zero-order valence-electron chi connectivity index (χ0n) is 12.2. The summed E-state index contributed by atoms with van der Waals surface area (Å²) >= 11 is 1.65. The molecule has 1 aromatic carbocycles. The van der Waals surface area contributed by atoms with Crippen molar-refractivity contribution in [1.29, 1.82) is 0 Å². The first-order valence-electron chi connectivity index (χ1n) is 6.64. The van der Waals surface area contributed by atoms with Gasteiger partial charge >= 0.3 is 5.97 Å². The van der Waals surface area contributed by atoms with Crippen molar-refractivity contribution in [2.75, 3.05) is 18.8 Å². The van der Waals surface area contributed by atoms with E-state index in [1.165, 1.54) is 12.1 Å². The molecule has 5 heteroatoms. The zero-order valence-corrected chi connectivity index (χ0v) is 13.0. The molecule has 0 unspecified atom stereocenters. The average molecular weight is 299 g/mol. The molecule has 112 valence electrons. The number of hydrogen-bond donors (Lipinski definition) is 1. The number of hydrogen-bond acceptors (Lipinski definition) is 3. The minimum Gasteiger partial charge on any atom is -0.481 e. The summed E-state index contributed by atoms with van der Waals surface area (Å²) in [5.41, 5.74) is -0.0567. The number of nitrogens with zero attached hydrogens (tertiary/aromatic N) is 1. The zero-order chi connectivity index (χ0) is 15.2. The van der Waals surface area contributed by atoms with E-state index in [4.69, 9.17) is 5.11 Å². The minimum absolute atomic E-state index is 0.0567. The number of halogens is 1. The fraction of sp³-hybridized carbons (Fsp3) is 0.533. The molecule has 1 N–H and O–H groups in total. The van der Waals surface area contributed by atoms with Crippen LogP contribution in [0.15, 0.2) is 29.2 Å². The van der Waals surface area contributed by atoms with Gasteiger partial charge in [-0.25, -0.2) is 4.39 Å². The van der Waals surface area contributed by atoms with Crippen molar-refractivity contribution in [1.82, 2.24) is 4.90 Å². The van der Waals surface area contributed by atoms with E-state index in [1.807, 2.05) is 0 Å². The molecule has 0 atom stereocenters. The number of rotatable bonds is 7. The third-order valence-corrected chi connectivity index (χ3v) is 3.98. The van der Waals surface area contributed by atoms with E-state index in [9.17, 15) is 9.18 Å². The minimum atomic E-state index is -0.773. The molecule has 1 aromatic rings. The Hall–Kier alpha value is -1.07. The predicted molar refractivity (Wildman–Crippen MR) is 80.7 cm³/mol. The van der Waals surface area contributed by atoms with Crippen LogP contribution in [0, 0.1) is 5.82 Å². The van der Waals surface area contributed by atoms with Crippen molar-refractivity contribution in [3.63, 3.8) is 0 Å². The Kier molecular flexibility index (Phi) is 6.49. The highest BCUT2D eigenvalue weighted by atomic mass is 32.2. The van der Waals surface area contributed by atoms with E-state index >= 15 is 0 Å². The van der Waals surface area contributed by atoms with Crippen LogP contribution >= 0.6 is 11.8 Å². The van der Waals surface area contributed by atoms with Crippen molar-refractivity contribution in [2.45, 2.75) is 37.6 Å². The molecule has 0 saturated carbocycles. The molecule has 0 radical (unpaired) electrons. The number of thioether (sulfide) groups is 1. The summed E-state index contributed by atoms with van der Waals surface area (Å²) in [6.45, 7) is 7.59.